The van der Waals surface area contributed by atoms with Crippen LogP contribution in [0.5, 0.6) is 5.75 Å². The first-order valence-electron chi connectivity index (χ1n) is 6.56. The van der Waals surface area contributed by atoms with Crippen molar-refractivity contribution in [3.05, 3.63) is 29.8 Å². The largest absolute Gasteiger partial charge is 0.462 e. The maximum absolute atomic E-state index is 11.9. The highest BCUT2D eigenvalue weighted by atomic mass is 16.5. The van der Waals surface area contributed by atoms with Crippen LogP contribution < -0.4 is 4.74 Å². The molecule has 0 aliphatic heterocycles. The number of nitrogens with zero attached hydrogens (tertiary/aromatic N) is 1. The summed E-state index contributed by atoms with van der Waals surface area (Å²) in [5.41, 5.74) is 0.187. The van der Waals surface area contributed by atoms with Crippen molar-refractivity contribution in [2.45, 2.75) is 19.8 Å². The topological polar surface area (TPSA) is 72.9 Å². The van der Waals surface area contributed by atoms with Gasteiger partial charge < -0.3 is 14.4 Å². The van der Waals surface area contributed by atoms with E-state index in [1.807, 2.05) is 0 Å². The minimum Gasteiger partial charge on any atom is -0.462 e. The van der Waals surface area contributed by atoms with Crippen LogP contribution in [0.3, 0.4) is 0 Å². The number of rotatable bonds is 6. The molecule has 1 aromatic carbocycles. The summed E-state index contributed by atoms with van der Waals surface area (Å²) in [5.74, 6) is -0.943. The Bertz CT molecular complexity index is 525. The van der Waals surface area contributed by atoms with Gasteiger partial charge in [0.05, 0.1) is 6.61 Å². The van der Waals surface area contributed by atoms with Crippen LogP contribution in [0.2, 0.25) is 0 Å². The minimum atomic E-state index is -0.579. The summed E-state index contributed by atoms with van der Waals surface area (Å²) >= 11 is 0. The van der Waals surface area contributed by atoms with Gasteiger partial charge in [-0.15, -0.1) is 0 Å². The van der Waals surface area contributed by atoms with Gasteiger partial charge in [-0.05, 0) is 18.6 Å². The van der Waals surface area contributed by atoms with Crippen LogP contribution in [0, 0.1) is 0 Å². The molecule has 0 aliphatic rings. The normalized spacial score (nSPS) is 9.86. The highest BCUT2D eigenvalue weighted by Crippen LogP contribution is 2.19. The van der Waals surface area contributed by atoms with Crippen LogP contribution in [-0.4, -0.2) is 43.4 Å². The van der Waals surface area contributed by atoms with Gasteiger partial charge in [-0.1, -0.05) is 12.1 Å². The Morgan fingerprint density at radius 3 is 2.43 bits per heavy atom. The monoisotopic (exact) mass is 293 g/mol. The maximum atomic E-state index is 11.9. The highest BCUT2D eigenvalue weighted by Gasteiger charge is 2.15. The molecule has 1 amide bonds. The van der Waals surface area contributed by atoms with Gasteiger partial charge in [0.2, 0.25) is 5.91 Å². The van der Waals surface area contributed by atoms with Crippen molar-refractivity contribution in [2.75, 3.05) is 20.7 Å². The zero-order chi connectivity index (χ0) is 15.8. The van der Waals surface area contributed by atoms with Gasteiger partial charge in [-0.3, -0.25) is 9.59 Å². The molecule has 6 nitrogen and oxygen atoms in total. The fraction of sp³-hybridized carbons (Fsp3) is 0.400. The smallest absolute Gasteiger partial charge is 0.341 e. The van der Waals surface area contributed by atoms with E-state index >= 15 is 0 Å². The predicted octanol–water partition coefficient (Wildman–Crippen LogP) is 1.64. The SMILES string of the molecule is CC(=O)Oc1ccccc1C(=O)OCCCC(=O)N(C)C. The number of carbonyl (C=O) groups excluding carboxylic acids is 3. The van der Waals surface area contributed by atoms with Gasteiger partial charge in [0.25, 0.3) is 0 Å². The zero-order valence-electron chi connectivity index (χ0n) is 12.4. The molecule has 0 radical (unpaired) electrons. The molecule has 0 unspecified atom stereocenters. The highest BCUT2D eigenvalue weighted by molar-refractivity contribution is 5.93. The van der Waals surface area contributed by atoms with Gasteiger partial charge in [0.1, 0.15) is 11.3 Å². The van der Waals surface area contributed by atoms with Crippen molar-refractivity contribution in [3.63, 3.8) is 0 Å². The van der Waals surface area contributed by atoms with Crippen molar-refractivity contribution in [1.29, 1.82) is 0 Å². The fourth-order valence-electron chi connectivity index (χ4n) is 1.57. The Kier molecular flexibility index (Phi) is 6.39. The van der Waals surface area contributed by atoms with Crippen LogP contribution in [0.15, 0.2) is 24.3 Å². The number of ether oxygens (including phenoxy) is 2. The second-order valence-corrected chi connectivity index (χ2v) is 4.62. The molecule has 0 atom stereocenters. The first kappa shape index (κ1) is 16.7. The molecule has 0 aliphatic carbocycles. The van der Waals surface area contributed by atoms with E-state index in [1.54, 1.807) is 26.2 Å². The van der Waals surface area contributed by atoms with Gasteiger partial charge in [0, 0.05) is 27.4 Å². The number of hydrogen-bond acceptors (Lipinski definition) is 5. The van der Waals surface area contributed by atoms with Crippen molar-refractivity contribution in [2.24, 2.45) is 0 Å². The molecule has 0 saturated heterocycles. The molecule has 6 heteroatoms. The van der Waals surface area contributed by atoms with E-state index in [2.05, 4.69) is 0 Å². The van der Waals surface area contributed by atoms with Crippen molar-refractivity contribution >= 4 is 17.8 Å². The number of benzene rings is 1. The summed E-state index contributed by atoms with van der Waals surface area (Å²) in [7, 11) is 3.34. The first-order valence-corrected chi connectivity index (χ1v) is 6.56. The van der Waals surface area contributed by atoms with Crippen LogP contribution in [0.25, 0.3) is 0 Å². The van der Waals surface area contributed by atoms with Crippen LogP contribution in [0.1, 0.15) is 30.1 Å². The van der Waals surface area contributed by atoms with E-state index in [9.17, 15) is 14.4 Å². The van der Waals surface area contributed by atoms with Gasteiger partial charge in [-0.25, -0.2) is 4.79 Å². The summed E-state index contributed by atoms with van der Waals surface area (Å²) in [6.07, 6.45) is 0.754. The summed E-state index contributed by atoms with van der Waals surface area (Å²) in [6.45, 7) is 1.39. The van der Waals surface area contributed by atoms with E-state index < -0.39 is 11.9 Å². The number of amides is 1. The molecular weight excluding hydrogens is 274 g/mol. The molecule has 1 aromatic rings. The number of para-hydroxylation sites is 1. The summed E-state index contributed by atoms with van der Waals surface area (Å²) < 4.78 is 10.0. The molecule has 0 saturated carbocycles. The van der Waals surface area contributed by atoms with Gasteiger partial charge >= 0.3 is 11.9 Å². The average molecular weight is 293 g/mol. The molecule has 0 spiro atoms. The molecule has 0 bridgehead atoms. The van der Waals surface area contributed by atoms with Crippen molar-refractivity contribution < 1.29 is 23.9 Å². The first-order chi connectivity index (χ1) is 9.91. The lowest BCUT2D eigenvalue weighted by atomic mass is 10.2. The summed E-state index contributed by atoms with van der Waals surface area (Å²) in [6, 6.07) is 6.35. The van der Waals surface area contributed by atoms with E-state index in [4.69, 9.17) is 9.47 Å². The Morgan fingerprint density at radius 1 is 1.14 bits per heavy atom. The van der Waals surface area contributed by atoms with Gasteiger partial charge in [-0.2, -0.15) is 0 Å². The molecule has 0 aromatic heterocycles. The Labute approximate surface area is 123 Å². The van der Waals surface area contributed by atoms with E-state index in [-0.39, 0.29) is 23.8 Å². The molecule has 0 N–H and O–H groups in total. The number of esters is 2. The summed E-state index contributed by atoms with van der Waals surface area (Å²) in [5, 5.41) is 0. The second-order valence-electron chi connectivity index (χ2n) is 4.62. The quantitative estimate of drug-likeness (QED) is 0.453. The van der Waals surface area contributed by atoms with Crippen molar-refractivity contribution in [1.82, 2.24) is 4.90 Å². The zero-order valence-corrected chi connectivity index (χ0v) is 12.4. The van der Waals surface area contributed by atoms with Crippen LogP contribution in [-0.2, 0) is 14.3 Å². The Balaban J connectivity index is 2.52. The second kappa shape index (κ2) is 8.04. The third-order valence-electron chi connectivity index (χ3n) is 2.63. The Hall–Kier alpha value is -2.37. The molecule has 0 fully saturated rings. The summed E-state index contributed by atoms with van der Waals surface area (Å²) in [4.78, 5) is 35.7. The number of carbonyl (C=O) groups is 3. The lowest BCUT2D eigenvalue weighted by Gasteiger charge is -2.11. The van der Waals surface area contributed by atoms with E-state index in [1.165, 1.54) is 24.0 Å². The third kappa shape index (κ3) is 5.64. The molecule has 21 heavy (non-hydrogen) atoms. The van der Waals surface area contributed by atoms with E-state index in [0.717, 1.165) is 0 Å². The molecular formula is C15H19NO5. The maximum Gasteiger partial charge on any atom is 0.341 e. The molecule has 0 heterocycles. The average Bonchev–Trinajstić information content (AvgIpc) is 2.42. The fourth-order valence-corrected chi connectivity index (χ4v) is 1.57. The minimum absolute atomic E-state index is 0.0219. The standard InChI is InChI=1S/C15H19NO5/c1-11(17)21-13-8-5-4-7-12(13)15(19)20-10-6-9-14(18)16(2)3/h4-5,7-8H,6,9-10H2,1-3H3. The van der Waals surface area contributed by atoms with Crippen molar-refractivity contribution in [3.8, 4) is 5.75 Å². The number of hydrogen-bond donors (Lipinski definition) is 0. The van der Waals surface area contributed by atoms with Crippen LogP contribution in [0.4, 0.5) is 0 Å². The lowest BCUT2D eigenvalue weighted by molar-refractivity contribution is -0.132. The lowest BCUT2D eigenvalue weighted by Crippen LogP contribution is -2.21. The Morgan fingerprint density at radius 2 is 1.81 bits per heavy atom. The predicted molar refractivity (Wildman–Crippen MR) is 76.0 cm³/mol. The molecule has 114 valence electrons. The van der Waals surface area contributed by atoms with Gasteiger partial charge in [0.15, 0.2) is 0 Å². The van der Waals surface area contributed by atoms with Crippen LogP contribution >= 0.6 is 0 Å². The van der Waals surface area contributed by atoms with E-state index in [0.29, 0.717) is 12.8 Å². The molecule has 1 rings (SSSR count). The third-order valence-corrected chi connectivity index (χ3v) is 2.63.